The Morgan fingerprint density at radius 3 is 2.50 bits per heavy atom. The van der Waals surface area contributed by atoms with Crippen molar-refractivity contribution < 1.29 is 27.4 Å². The molecule has 16 heavy (non-hydrogen) atoms. The van der Waals surface area contributed by atoms with Crippen molar-refractivity contribution in [2.45, 2.75) is 6.36 Å². The first-order valence-corrected chi connectivity index (χ1v) is 4.88. The molecule has 0 aliphatic heterocycles. The minimum absolute atomic E-state index is 0.0120. The number of benzene rings is 1. The van der Waals surface area contributed by atoms with Crippen LogP contribution in [0.3, 0.4) is 0 Å². The van der Waals surface area contributed by atoms with Gasteiger partial charge in [-0.3, -0.25) is 0 Å². The number of hydrogen-bond donors (Lipinski definition) is 0. The van der Waals surface area contributed by atoms with E-state index in [9.17, 15) is 13.2 Å². The monoisotopic (exact) mass is 300 g/mol. The number of methoxy groups -OCH3 is 1. The van der Waals surface area contributed by atoms with Crippen LogP contribution in [0.1, 0.15) is 0 Å². The van der Waals surface area contributed by atoms with Gasteiger partial charge in [0.15, 0.2) is 6.79 Å². The molecule has 0 aliphatic rings. The van der Waals surface area contributed by atoms with Crippen LogP contribution in [0.5, 0.6) is 11.5 Å². The Hall–Kier alpha value is -0.950. The fourth-order valence-electron chi connectivity index (χ4n) is 0.918. The molecule has 0 heterocycles. The summed E-state index contributed by atoms with van der Waals surface area (Å²) in [6.07, 6.45) is -4.70. The van der Waals surface area contributed by atoms with E-state index < -0.39 is 6.36 Å². The molecule has 1 rings (SSSR count). The molecule has 1 aromatic rings. The predicted octanol–water partition coefficient (Wildman–Crippen LogP) is 3.33. The molecule has 1 aromatic carbocycles. The summed E-state index contributed by atoms with van der Waals surface area (Å²) in [6, 6.07) is 3.67. The van der Waals surface area contributed by atoms with Gasteiger partial charge in [-0.1, -0.05) is 0 Å². The number of rotatable bonds is 4. The number of ether oxygens (including phenoxy) is 3. The summed E-state index contributed by atoms with van der Waals surface area (Å²) in [4.78, 5) is 0. The van der Waals surface area contributed by atoms with E-state index in [0.29, 0.717) is 10.2 Å². The Labute approximate surface area is 98.2 Å². The van der Waals surface area contributed by atoms with Crippen molar-refractivity contribution in [3.8, 4) is 11.5 Å². The number of halogens is 4. The van der Waals surface area contributed by atoms with Crippen LogP contribution in [0.25, 0.3) is 0 Å². The molecule has 0 spiro atoms. The lowest BCUT2D eigenvalue weighted by atomic mass is 10.3. The second-order valence-electron chi connectivity index (χ2n) is 2.69. The van der Waals surface area contributed by atoms with Crippen molar-refractivity contribution in [1.29, 1.82) is 0 Å². The Balaban J connectivity index is 2.74. The van der Waals surface area contributed by atoms with E-state index in [0.717, 1.165) is 6.07 Å². The van der Waals surface area contributed by atoms with Crippen LogP contribution >= 0.6 is 15.9 Å². The highest BCUT2D eigenvalue weighted by atomic mass is 79.9. The summed E-state index contributed by atoms with van der Waals surface area (Å²) in [5.74, 6) is 0.0560. The fraction of sp³-hybridized carbons (Fsp3) is 0.333. The summed E-state index contributed by atoms with van der Waals surface area (Å²) in [5, 5.41) is 0. The zero-order chi connectivity index (χ0) is 12.2. The van der Waals surface area contributed by atoms with Crippen molar-refractivity contribution in [3.63, 3.8) is 0 Å². The lowest BCUT2D eigenvalue weighted by molar-refractivity contribution is -0.274. The third kappa shape index (κ3) is 4.28. The second kappa shape index (κ2) is 5.40. The fourth-order valence-corrected chi connectivity index (χ4v) is 1.39. The van der Waals surface area contributed by atoms with Gasteiger partial charge < -0.3 is 14.2 Å². The van der Waals surface area contributed by atoms with Crippen molar-refractivity contribution >= 4 is 15.9 Å². The van der Waals surface area contributed by atoms with Gasteiger partial charge in [0.25, 0.3) is 0 Å². The molecule has 0 aliphatic carbocycles. The van der Waals surface area contributed by atoms with Gasteiger partial charge in [0.2, 0.25) is 0 Å². The molecule has 0 saturated carbocycles. The molecule has 0 N–H and O–H groups in total. The third-order valence-corrected chi connectivity index (χ3v) is 2.09. The zero-order valence-corrected chi connectivity index (χ0v) is 9.76. The average molecular weight is 301 g/mol. The normalized spacial score (nSPS) is 11.3. The molecular weight excluding hydrogens is 293 g/mol. The summed E-state index contributed by atoms with van der Waals surface area (Å²) in [7, 11) is 1.44. The maximum absolute atomic E-state index is 11.9. The number of hydrogen-bond acceptors (Lipinski definition) is 3. The van der Waals surface area contributed by atoms with Crippen molar-refractivity contribution in [2.24, 2.45) is 0 Å². The van der Waals surface area contributed by atoms with E-state index >= 15 is 0 Å². The molecule has 3 nitrogen and oxygen atoms in total. The highest BCUT2D eigenvalue weighted by Gasteiger charge is 2.31. The van der Waals surface area contributed by atoms with Gasteiger partial charge in [0, 0.05) is 7.11 Å². The first-order chi connectivity index (χ1) is 7.42. The highest BCUT2D eigenvalue weighted by Crippen LogP contribution is 2.31. The van der Waals surface area contributed by atoms with E-state index in [1.807, 2.05) is 0 Å². The Morgan fingerprint density at radius 2 is 2.00 bits per heavy atom. The molecule has 0 amide bonds. The van der Waals surface area contributed by atoms with Crippen LogP contribution in [0.2, 0.25) is 0 Å². The lowest BCUT2D eigenvalue weighted by Gasteiger charge is -2.11. The Morgan fingerprint density at radius 1 is 1.31 bits per heavy atom. The van der Waals surface area contributed by atoms with E-state index in [2.05, 4.69) is 25.4 Å². The standard InChI is InChI=1S/C9H8BrF3O3/c1-14-5-15-8-3-2-6(4-7(8)10)16-9(11,12)13/h2-4H,5H2,1H3. The first-order valence-electron chi connectivity index (χ1n) is 4.09. The Kier molecular flexibility index (Phi) is 4.43. The van der Waals surface area contributed by atoms with Gasteiger partial charge in [-0.2, -0.15) is 0 Å². The van der Waals surface area contributed by atoms with Crippen molar-refractivity contribution in [1.82, 2.24) is 0 Å². The molecule has 0 atom stereocenters. The topological polar surface area (TPSA) is 27.7 Å². The molecule has 0 aromatic heterocycles. The molecule has 7 heteroatoms. The highest BCUT2D eigenvalue weighted by molar-refractivity contribution is 9.10. The van der Waals surface area contributed by atoms with E-state index in [1.54, 1.807) is 0 Å². The predicted molar refractivity (Wildman–Crippen MR) is 53.3 cm³/mol. The summed E-state index contributed by atoms with van der Waals surface area (Å²) >= 11 is 3.06. The maximum atomic E-state index is 11.9. The van der Waals surface area contributed by atoms with Crippen LogP contribution in [0, 0.1) is 0 Å². The molecule has 0 bridgehead atoms. The minimum Gasteiger partial charge on any atom is -0.466 e. The van der Waals surface area contributed by atoms with Crippen LogP contribution in [0.15, 0.2) is 22.7 Å². The van der Waals surface area contributed by atoms with Gasteiger partial charge in [0.05, 0.1) is 4.47 Å². The van der Waals surface area contributed by atoms with E-state index in [1.165, 1.54) is 19.2 Å². The molecule has 0 saturated heterocycles. The molecule has 90 valence electrons. The van der Waals surface area contributed by atoms with Gasteiger partial charge in [-0.25, -0.2) is 0 Å². The second-order valence-corrected chi connectivity index (χ2v) is 3.55. The number of alkyl halides is 3. The van der Waals surface area contributed by atoms with Gasteiger partial charge in [0.1, 0.15) is 11.5 Å². The van der Waals surface area contributed by atoms with Crippen molar-refractivity contribution in [3.05, 3.63) is 22.7 Å². The third-order valence-electron chi connectivity index (χ3n) is 1.47. The minimum atomic E-state index is -4.70. The molecule has 0 fully saturated rings. The van der Waals surface area contributed by atoms with Crippen LogP contribution in [-0.4, -0.2) is 20.3 Å². The van der Waals surface area contributed by atoms with Crippen LogP contribution < -0.4 is 9.47 Å². The largest absolute Gasteiger partial charge is 0.573 e. The maximum Gasteiger partial charge on any atom is 0.573 e. The van der Waals surface area contributed by atoms with Gasteiger partial charge >= 0.3 is 6.36 Å². The van der Waals surface area contributed by atoms with Crippen LogP contribution in [-0.2, 0) is 4.74 Å². The molecule has 0 radical (unpaired) electrons. The molecule has 0 unspecified atom stereocenters. The van der Waals surface area contributed by atoms with Crippen LogP contribution in [0.4, 0.5) is 13.2 Å². The van der Waals surface area contributed by atoms with E-state index in [4.69, 9.17) is 4.74 Å². The average Bonchev–Trinajstić information content (AvgIpc) is 2.14. The quantitative estimate of drug-likeness (QED) is 0.798. The van der Waals surface area contributed by atoms with Gasteiger partial charge in [-0.05, 0) is 34.1 Å². The van der Waals surface area contributed by atoms with Gasteiger partial charge in [-0.15, -0.1) is 13.2 Å². The smallest absolute Gasteiger partial charge is 0.466 e. The summed E-state index contributed by atoms with van der Waals surface area (Å²) < 4.78 is 49.5. The summed E-state index contributed by atoms with van der Waals surface area (Å²) in [6.45, 7) is 0.0120. The zero-order valence-electron chi connectivity index (χ0n) is 8.18. The van der Waals surface area contributed by atoms with Crippen molar-refractivity contribution in [2.75, 3.05) is 13.9 Å². The van der Waals surface area contributed by atoms with E-state index in [-0.39, 0.29) is 12.5 Å². The summed E-state index contributed by atoms with van der Waals surface area (Å²) in [5.41, 5.74) is 0. The molecular formula is C9H8BrF3O3. The SMILES string of the molecule is COCOc1ccc(OC(F)(F)F)cc1Br. The Bertz CT molecular complexity index is 354. The lowest BCUT2D eigenvalue weighted by Crippen LogP contribution is -2.17. The first kappa shape index (κ1) is 13.1.